The van der Waals surface area contributed by atoms with Gasteiger partial charge in [-0.1, -0.05) is 106 Å². The highest BCUT2D eigenvalue weighted by atomic mass is 35.5. The number of aryl methyl sites for hydroxylation is 1. The maximum atomic E-state index is 15.2. The monoisotopic (exact) mass is 1530 g/mol. The number of rotatable bonds is 28. The first-order valence-corrected chi connectivity index (χ1v) is 41.2. The zero-order chi connectivity index (χ0) is 74.3. The number of anilines is 2. The van der Waals surface area contributed by atoms with E-state index >= 15 is 4.39 Å². The number of aliphatic hydroxyl groups is 1. The molecule has 4 amide bonds. The van der Waals surface area contributed by atoms with Gasteiger partial charge in [0, 0.05) is 129 Å². The lowest BCUT2D eigenvalue weighted by Gasteiger charge is -2.38. The number of aromatic nitrogens is 1. The summed E-state index contributed by atoms with van der Waals surface area (Å²) in [7, 11) is -11.1. The van der Waals surface area contributed by atoms with Crippen LogP contribution in [0.4, 0.5) is 28.9 Å². The SMILES string of the molecule is Cc1ncsc1-c1ccc([C@H](C)NC(=O)[C@@H]2C[C@@H](O)CN2C(=O)[C@@H](CCCCCCC(=O)N2CCN(CC[C@H](CSc3ccccc3)Nc3ccc(S(=O)(=O)NC(=O)c4ccc(N5CCN(CC6=C(c7ccc(Cl)cc7F)CCC7(CC7)C6)CC5)cc4)cc3S(=O)(=O)C(F)(F)F)CC2)C(C)(C)C)cc1. The number of nitrogens with one attached hydrogen (secondary N) is 3. The van der Waals surface area contributed by atoms with Gasteiger partial charge in [-0.25, -0.2) is 30.9 Å². The molecule has 4 N–H and O–H groups in total. The van der Waals surface area contributed by atoms with Gasteiger partial charge in [-0.15, -0.1) is 23.1 Å². The summed E-state index contributed by atoms with van der Waals surface area (Å²) in [6.07, 6.45) is 8.65. The number of aliphatic hydroxyl groups excluding tert-OH is 1. The number of benzene rings is 5. The number of thiazole rings is 1. The molecule has 5 atom stereocenters. The summed E-state index contributed by atoms with van der Waals surface area (Å²) in [5, 5.41) is 17.3. The predicted molar refractivity (Wildman–Crippen MR) is 401 cm³/mol. The van der Waals surface area contributed by atoms with Crippen molar-refractivity contribution in [2.45, 2.75) is 163 Å². The number of thioether (sulfide) groups is 1. The second kappa shape index (κ2) is 33.5. The van der Waals surface area contributed by atoms with Crippen molar-refractivity contribution in [1.82, 2.24) is 34.6 Å². The van der Waals surface area contributed by atoms with E-state index in [4.69, 9.17) is 11.6 Å². The van der Waals surface area contributed by atoms with Crippen LogP contribution in [0.5, 0.6) is 0 Å². The molecule has 560 valence electrons. The smallest absolute Gasteiger partial charge is 0.391 e. The number of hydrogen-bond donors (Lipinski definition) is 4. The Bertz CT molecular complexity index is 4300. The van der Waals surface area contributed by atoms with Crippen LogP contribution in [0.1, 0.15) is 144 Å². The molecule has 3 aliphatic heterocycles. The van der Waals surface area contributed by atoms with Gasteiger partial charge in [0.05, 0.1) is 38.8 Å². The van der Waals surface area contributed by atoms with Crippen molar-refractivity contribution in [2.75, 3.05) is 88.0 Å². The van der Waals surface area contributed by atoms with Crippen LogP contribution in [0.25, 0.3) is 16.0 Å². The Hall–Kier alpha value is -6.91. The van der Waals surface area contributed by atoms with Crippen LogP contribution in [0.2, 0.25) is 5.02 Å². The number of hydrogen-bond acceptors (Lipinski definition) is 16. The topological polar surface area (TPSA) is 222 Å². The van der Waals surface area contributed by atoms with Crippen LogP contribution in [-0.2, 0) is 34.2 Å². The molecule has 11 rings (SSSR count). The number of sulfone groups is 1. The van der Waals surface area contributed by atoms with Crippen molar-refractivity contribution in [3.63, 3.8) is 0 Å². The first kappa shape index (κ1) is 78.2. The van der Waals surface area contributed by atoms with Crippen LogP contribution in [-0.4, -0.2) is 172 Å². The summed E-state index contributed by atoms with van der Waals surface area (Å²) in [6, 6.07) is 28.9. The summed E-state index contributed by atoms with van der Waals surface area (Å²) >= 11 is 9.07. The van der Waals surface area contributed by atoms with E-state index in [0.29, 0.717) is 93.6 Å². The maximum Gasteiger partial charge on any atom is 0.501 e. The zero-order valence-corrected chi connectivity index (χ0v) is 63.6. The Balaban J connectivity index is 0.648. The quantitative estimate of drug-likeness (QED) is 0.0204. The third kappa shape index (κ3) is 19.4. The van der Waals surface area contributed by atoms with Crippen LogP contribution >= 0.6 is 34.7 Å². The molecule has 3 saturated heterocycles. The second-order valence-electron chi connectivity index (χ2n) is 29.6. The van der Waals surface area contributed by atoms with E-state index in [1.807, 2.05) is 104 Å². The number of piperazine rings is 2. The lowest BCUT2D eigenvalue weighted by Crippen LogP contribution is -2.50. The van der Waals surface area contributed by atoms with Crippen molar-refractivity contribution in [1.29, 1.82) is 0 Å². The molecular formula is C77H94ClF4N9O9S4. The minimum atomic E-state index is -6.18. The zero-order valence-electron chi connectivity index (χ0n) is 59.5. The minimum Gasteiger partial charge on any atom is -0.391 e. The Morgan fingerprint density at radius 2 is 1.50 bits per heavy atom. The molecule has 1 aromatic heterocycles. The maximum absolute atomic E-state index is 15.2. The van der Waals surface area contributed by atoms with Gasteiger partial charge < -0.3 is 30.4 Å². The molecule has 4 heterocycles. The van der Waals surface area contributed by atoms with Crippen molar-refractivity contribution in [3.8, 4) is 10.4 Å². The number of alkyl halides is 3. The number of likely N-dealkylation sites (tertiary alicyclic amines) is 1. The fraction of sp³-hybridized carbons (Fsp3) is 0.494. The van der Waals surface area contributed by atoms with Gasteiger partial charge in [-0.2, -0.15) is 13.2 Å². The third-order valence-corrected chi connectivity index (χ3v) is 26.4. The van der Waals surface area contributed by atoms with Crippen molar-refractivity contribution in [3.05, 3.63) is 160 Å². The Morgan fingerprint density at radius 1 is 0.808 bits per heavy atom. The molecular weight excluding hydrogens is 1430 g/mol. The summed E-state index contributed by atoms with van der Waals surface area (Å²) in [6.45, 7) is 15.8. The highest BCUT2D eigenvalue weighted by molar-refractivity contribution is 7.99. The Kier molecular flexibility index (Phi) is 25.2. The Morgan fingerprint density at radius 3 is 2.15 bits per heavy atom. The molecule has 1 spiro atoms. The second-order valence-corrected chi connectivity index (χ2v) is 35.6. The largest absolute Gasteiger partial charge is 0.501 e. The average Bonchev–Trinajstić information content (AvgIpc) is 1.53. The molecule has 27 heteroatoms. The van der Waals surface area contributed by atoms with E-state index in [2.05, 4.69) is 30.3 Å². The minimum absolute atomic E-state index is 0.0143. The first-order valence-electron chi connectivity index (χ1n) is 35.9. The lowest BCUT2D eigenvalue weighted by molar-refractivity contribution is -0.145. The molecule has 0 unspecified atom stereocenters. The van der Waals surface area contributed by atoms with Gasteiger partial charge >= 0.3 is 5.51 Å². The van der Waals surface area contributed by atoms with Crippen molar-refractivity contribution < 1.29 is 58.7 Å². The van der Waals surface area contributed by atoms with Gasteiger partial charge in [-0.05, 0) is 159 Å². The van der Waals surface area contributed by atoms with E-state index in [9.17, 15) is 54.3 Å². The fourth-order valence-electron chi connectivity index (χ4n) is 14.8. The summed E-state index contributed by atoms with van der Waals surface area (Å²) in [5.74, 6) is -1.98. The van der Waals surface area contributed by atoms with Gasteiger partial charge in [0.15, 0.2) is 0 Å². The number of sulfonamides is 1. The van der Waals surface area contributed by atoms with Crippen molar-refractivity contribution >= 4 is 95.1 Å². The molecule has 4 fully saturated rings. The van der Waals surface area contributed by atoms with E-state index in [-0.39, 0.29) is 53.9 Å². The van der Waals surface area contributed by atoms with Gasteiger partial charge in [0.1, 0.15) is 16.8 Å². The number of unbranched alkanes of at least 4 members (excludes halogenated alkanes) is 3. The molecule has 18 nitrogen and oxygen atoms in total. The lowest BCUT2D eigenvalue weighted by atomic mass is 9.76. The number of nitrogens with zero attached hydrogens (tertiary/aromatic N) is 6. The Labute approximate surface area is 621 Å². The number of β-amino-alcohol motifs (C(OH)–C–C–N with tert-alkyl or cyclic N) is 1. The molecule has 5 aliphatic rings. The molecule has 1 saturated carbocycles. The number of carbonyl (C=O) groups excluding carboxylic acids is 4. The van der Waals surface area contributed by atoms with E-state index in [1.54, 1.807) is 40.5 Å². The molecule has 104 heavy (non-hydrogen) atoms. The molecule has 0 bridgehead atoms. The van der Waals surface area contributed by atoms with E-state index in [1.165, 1.54) is 48.4 Å². The number of allylic oxidation sites excluding steroid dienone is 1. The van der Waals surface area contributed by atoms with Crippen LogP contribution < -0.4 is 20.3 Å². The number of carbonyl (C=O) groups is 4. The normalized spacial score (nSPS) is 19.2. The molecule has 6 aromatic rings. The highest BCUT2D eigenvalue weighted by Crippen LogP contribution is 2.59. The van der Waals surface area contributed by atoms with Crippen LogP contribution in [0.15, 0.2) is 141 Å². The first-order chi connectivity index (χ1) is 49.4. The van der Waals surface area contributed by atoms with Gasteiger partial charge in [0.2, 0.25) is 17.7 Å². The van der Waals surface area contributed by atoms with Gasteiger partial charge in [0.25, 0.3) is 25.8 Å². The average molecular weight is 1530 g/mol. The molecule has 0 radical (unpaired) electrons. The molecule has 2 aliphatic carbocycles. The number of amides is 4. The summed E-state index contributed by atoms with van der Waals surface area (Å²) < 4.78 is 116. The summed E-state index contributed by atoms with van der Waals surface area (Å²) in [4.78, 5) is 69.5. The van der Waals surface area contributed by atoms with Crippen LogP contribution in [0, 0.1) is 29.5 Å². The van der Waals surface area contributed by atoms with E-state index < -0.39 is 76.3 Å². The highest BCUT2D eigenvalue weighted by Gasteiger charge is 2.50. The number of halogens is 5. The van der Waals surface area contributed by atoms with Crippen LogP contribution in [0.3, 0.4) is 0 Å². The summed E-state index contributed by atoms with van der Waals surface area (Å²) in [5.41, 5.74) is 1.97. The van der Waals surface area contributed by atoms with Gasteiger partial charge in [-0.3, -0.25) is 29.0 Å². The van der Waals surface area contributed by atoms with E-state index in [0.717, 1.165) is 108 Å². The third-order valence-electron chi connectivity index (χ3n) is 21.2. The van der Waals surface area contributed by atoms with Crippen molar-refractivity contribution in [2.24, 2.45) is 16.7 Å². The fourth-order valence-corrected chi connectivity index (χ4v) is 18.8. The molecule has 5 aromatic carbocycles. The standard InChI is InChI=1S/C77H94ClF4N9O9S4/c1-51(53-17-19-54(20-18-53)71-52(2)83-50-102-71)84-73(95)68-44-60(92)48-91(68)74(96)65(75(3,4)5)15-11-6-7-12-16-70(93)90-41-35-87(36-42-90)34-30-58(49-101-61-13-9-8-10-14-61)85-67-28-26-62(45-69(67)103(97,98)77(80,81)82)104(99,100)86-72(94)55-21-24-59(25-22-55)89-39-37-88(38-40-89)47-56-46-76(32-33-76)31-29-63(56)64-27-23-57(78)43-66(64)79/h8-10,13-14,17-28,43,45,50-51,58,60,65,68,85,92H,6-7,11-12,15-16,29-42,44,46-49H2,1-5H3,(H,84,95)(H,86,94)/t51-,58+,60+,65+,68-/m0/s1. The predicted octanol–water partition coefficient (Wildman–Crippen LogP) is 13.8.